The Hall–Kier alpha value is -2.38. The summed E-state index contributed by atoms with van der Waals surface area (Å²) in [5.74, 6) is 0.831. The number of likely N-dealkylation sites (tertiary alicyclic amines) is 2. The second-order valence-electron chi connectivity index (χ2n) is 8.08. The van der Waals surface area contributed by atoms with Gasteiger partial charge in [0.05, 0.1) is 6.04 Å². The normalized spacial score (nSPS) is 21.8. The molecule has 2 fully saturated rings. The highest BCUT2D eigenvalue weighted by Crippen LogP contribution is 2.28. The van der Waals surface area contributed by atoms with Crippen LogP contribution in [0.2, 0.25) is 0 Å². The molecule has 1 aromatic carbocycles. The first-order valence-corrected chi connectivity index (χ1v) is 10.8. The lowest BCUT2D eigenvalue weighted by molar-refractivity contribution is -0.161. The number of hydrogen-bond donors (Lipinski definition) is 0. The van der Waals surface area contributed by atoms with E-state index in [0.29, 0.717) is 32.4 Å². The minimum Gasteiger partial charge on any atom is -0.461 e. The Morgan fingerprint density at radius 1 is 1.10 bits per heavy atom. The summed E-state index contributed by atoms with van der Waals surface area (Å²) in [4.78, 5) is 29.9. The van der Waals surface area contributed by atoms with Gasteiger partial charge in [-0.1, -0.05) is 18.2 Å². The third-order valence-corrected chi connectivity index (χ3v) is 6.28. The molecule has 4 rings (SSSR count). The maximum absolute atomic E-state index is 13.3. The Kier molecular flexibility index (Phi) is 6.39. The molecule has 7 heteroatoms. The Labute approximate surface area is 176 Å². The van der Waals surface area contributed by atoms with Crippen LogP contribution in [0.3, 0.4) is 0 Å². The van der Waals surface area contributed by atoms with Crippen LogP contribution in [0.15, 0.2) is 34.7 Å². The van der Waals surface area contributed by atoms with Gasteiger partial charge in [0.15, 0.2) is 6.29 Å². The Bertz CT molecular complexity index is 858. The topological polar surface area (TPSA) is 72.2 Å². The minimum atomic E-state index is -0.435. The van der Waals surface area contributed by atoms with Crippen molar-refractivity contribution in [3.8, 4) is 0 Å². The smallest absolute Gasteiger partial charge is 0.245 e. The Balaban J connectivity index is 1.39. The van der Waals surface area contributed by atoms with E-state index in [1.165, 1.54) is 0 Å². The van der Waals surface area contributed by atoms with Gasteiger partial charge in [-0.05, 0) is 37.8 Å². The van der Waals surface area contributed by atoms with Gasteiger partial charge in [-0.2, -0.15) is 0 Å². The molecule has 2 aliphatic rings. The molecule has 0 aliphatic carbocycles. The highest BCUT2D eigenvalue weighted by Gasteiger charge is 2.42. The average Bonchev–Trinajstić information content (AvgIpc) is 3.51. The molecule has 2 aromatic rings. The van der Waals surface area contributed by atoms with Crippen LogP contribution in [0.5, 0.6) is 0 Å². The number of amides is 2. The van der Waals surface area contributed by atoms with Gasteiger partial charge in [0.25, 0.3) is 0 Å². The van der Waals surface area contributed by atoms with E-state index >= 15 is 0 Å². The Morgan fingerprint density at radius 2 is 1.83 bits per heavy atom. The molecule has 30 heavy (non-hydrogen) atoms. The van der Waals surface area contributed by atoms with Crippen molar-refractivity contribution in [1.29, 1.82) is 0 Å². The number of para-hydroxylation sites is 1. The predicted molar refractivity (Wildman–Crippen MR) is 112 cm³/mol. The number of carbonyl (C=O) groups is 2. The number of fused-ring (bicyclic) bond motifs is 1. The first kappa shape index (κ1) is 20.9. The number of methoxy groups -OCH3 is 2. The van der Waals surface area contributed by atoms with Crippen molar-refractivity contribution in [2.45, 2.75) is 56.9 Å². The summed E-state index contributed by atoms with van der Waals surface area (Å²) < 4.78 is 16.6. The number of carbonyl (C=O) groups excluding carboxylic acids is 2. The molecule has 0 radical (unpaired) electrons. The van der Waals surface area contributed by atoms with Crippen LogP contribution in [0, 0.1) is 0 Å². The summed E-state index contributed by atoms with van der Waals surface area (Å²) in [5.41, 5.74) is 0.833. The fraction of sp³-hybridized carbons (Fsp3) is 0.565. The summed E-state index contributed by atoms with van der Waals surface area (Å²) in [5, 5.41) is 1.04. The first-order valence-electron chi connectivity index (χ1n) is 10.8. The second-order valence-corrected chi connectivity index (χ2v) is 8.08. The molecular weight excluding hydrogens is 384 g/mol. The second kappa shape index (κ2) is 9.18. The molecule has 2 amide bonds. The molecule has 0 saturated carbocycles. The van der Waals surface area contributed by atoms with E-state index in [0.717, 1.165) is 36.0 Å². The monoisotopic (exact) mass is 414 g/mol. The fourth-order valence-electron chi connectivity index (χ4n) is 4.81. The number of ether oxygens (including phenoxy) is 2. The Morgan fingerprint density at radius 3 is 2.60 bits per heavy atom. The molecule has 0 spiro atoms. The van der Waals surface area contributed by atoms with Crippen LogP contribution in [-0.2, 0) is 25.5 Å². The first-order chi connectivity index (χ1) is 14.6. The van der Waals surface area contributed by atoms with Gasteiger partial charge in [-0.3, -0.25) is 9.59 Å². The highest BCUT2D eigenvalue weighted by atomic mass is 16.7. The molecule has 2 aliphatic heterocycles. The highest BCUT2D eigenvalue weighted by molar-refractivity contribution is 5.89. The van der Waals surface area contributed by atoms with E-state index in [1.807, 2.05) is 35.2 Å². The van der Waals surface area contributed by atoms with Crippen LogP contribution < -0.4 is 0 Å². The summed E-state index contributed by atoms with van der Waals surface area (Å²) in [6.45, 7) is 1.32. The summed E-state index contributed by atoms with van der Waals surface area (Å²) >= 11 is 0. The van der Waals surface area contributed by atoms with E-state index in [-0.39, 0.29) is 23.9 Å². The molecule has 2 atom stereocenters. The fourth-order valence-corrected chi connectivity index (χ4v) is 4.81. The standard InChI is InChI=1S/C23H30N2O5/c1-28-23(29-2)19-9-6-14-25(19)22(27)18-8-5-13-24(18)21(26)12-11-17-15-16-7-3-4-10-20(16)30-17/h3-4,7,10,15,18-19,23H,5-6,8-9,11-14H2,1-2H3/t18-,19?/m0/s1. The predicted octanol–water partition coefficient (Wildman–Crippen LogP) is 2.97. The number of aryl methyl sites for hydroxylation is 1. The van der Waals surface area contributed by atoms with Gasteiger partial charge in [0.2, 0.25) is 11.8 Å². The third-order valence-electron chi connectivity index (χ3n) is 6.28. The van der Waals surface area contributed by atoms with Crippen molar-refractivity contribution in [2.75, 3.05) is 27.3 Å². The van der Waals surface area contributed by atoms with Crippen molar-refractivity contribution < 1.29 is 23.5 Å². The molecule has 1 unspecified atom stereocenters. The van der Waals surface area contributed by atoms with Crippen LogP contribution in [-0.4, -0.2) is 67.3 Å². The van der Waals surface area contributed by atoms with Gasteiger partial charge < -0.3 is 23.7 Å². The van der Waals surface area contributed by atoms with Gasteiger partial charge in [-0.25, -0.2) is 0 Å². The van der Waals surface area contributed by atoms with Gasteiger partial charge in [0.1, 0.15) is 17.4 Å². The van der Waals surface area contributed by atoms with Gasteiger partial charge in [0, 0.05) is 45.5 Å². The van der Waals surface area contributed by atoms with Crippen molar-refractivity contribution in [2.24, 2.45) is 0 Å². The zero-order chi connectivity index (χ0) is 21.1. The average molecular weight is 415 g/mol. The van der Waals surface area contributed by atoms with Gasteiger partial charge in [-0.15, -0.1) is 0 Å². The van der Waals surface area contributed by atoms with E-state index in [1.54, 1.807) is 19.1 Å². The number of hydrogen-bond acceptors (Lipinski definition) is 5. The van der Waals surface area contributed by atoms with Crippen LogP contribution in [0.4, 0.5) is 0 Å². The lowest BCUT2D eigenvalue weighted by atomic mass is 10.1. The summed E-state index contributed by atoms with van der Waals surface area (Å²) in [6, 6.07) is 9.33. The van der Waals surface area contributed by atoms with Crippen molar-refractivity contribution >= 4 is 22.8 Å². The van der Waals surface area contributed by atoms with Crippen molar-refractivity contribution in [1.82, 2.24) is 9.80 Å². The molecule has 162 valence electrons. The molecule has 3 heterocycles. The zero-order valence-corrected chi connectivity index (χ0v) is 17.7. The molecular formula is C23H30N2O5. The zero-order valence-electron chi connectivity index (χ0n) is 17.7. The molecule has 7 nitrogen and oxygen atoms in total. The number of benzene rings is 1. The van der Waals surface area contributed by atoms with E-state index in [2.05, 4.69) is 0 Å². The maximum Gasteiger partial charge on any atom is 0.245 e. The summed E-state index contributed by atoms with van der Waals surface area (Å²) in [7, 11) is 3.19. The van der Waals surface area contributed by atoms with Crippen LogP contribution in [0.1, 0.15) is 37.9 Å². The lowest BCUT2D eigenvalue weighted by Gasteiger charge is -2.34. The molecule has 0 bridgehead atoms. The molecule has 0 N–H and O–H groups in total. The van der Waals surface area contributed by atoms with Crippen molar-refractivity contribution in [3.63, 3.8) is 0 Å². The van der Waals surface area contributed by atoms with Crippen LogP contribution >= 0.6 is 0 Å². The largest absolute Gasteiger partial charge is 0.461 e. The van der Waals surface area contributed by atoms with Gasteiger partial charge >= 0.3 is 0 Å². The number of nitrogens with zero attached hydrogens (tertiary/aromatic N) is 2. The van der Waals surface area contributed by atoms with E-state index < -0.39 is 6.29 Å². The SMILES string of the molecule is COC(OC)C1CCCN1C(=O)[C@@H]1CCCN1C(=O)CCc1cc2ccccc2o1. The third kappa shape index (κ3) is 4.09. The number of rotatable bonds is 7. The minimum absolute atomic E-state index is 0.0112. The van der Waals surface area contributed by atoms with E-state index in [9.17, 15) is 9.59 Å². The van der Waals surface area contributed by atoms with Crippen LogP contribution in [0.25, 0.3) is 11.0 Å². The molecule has 1 aromatic heterocycles. The number of furan rings is 1. The maximum atomic E-state index is 13.3. The quantitative estimate of drug-likeness (QED) is 0.652. The van der Waals surface area contributed by atoms with Crippen molar-refractivity contribution in [3.05, 3.63) is 36.1 Å². The lowest BCUT2D eigenvalue weighted by Crippen LogP contribution is -2.52. The van der Waals surface area contributed by atoms with E-state index in [4.69, 9.17) is 13.9 Å². The molecule has 2 saturated heterocycles. The summed E-state index contributed by atoms with van der Waals surface area (Å²) in [6.07, 6.45) is 3.78.